The van der Waals surface area contributed by atoms with Crippen molar-refractivity contribution in [3.05, 3.63) is 11.5 Å². The molecule has 0 aliphatic heterocycles. The molecule has 1 rings (SSSR count). The highest BCUT2D eigenvalue weighted by atomic mass is 32.2. The van der Waals surface area contributed by atoms with E-state index in [1.54, 1.807) is 0 Å². The lowest BCUT2D eigenvalue weighted by atomic mass is 10.2. The van der Waals surface area contributed by atoms with E-state index in [-0.39, 0.29) is 0 Å². The standard InChI is InChI=1S/C13H25N3S/c1-5-6-8-16-12(14)11(7-9-17-4)15-13(16)10(2)3/h10H,5-9,14H2,1-4H3. The number of anilines is 1. The summed E-state index contributed by atoms with van der Waals surface area (Å²) in [6, 6.07) is 0. The third kappa shape index (κ3) is 3.66. The zero-order valence-corrected chi connectivity index (χ0v) is 12.3. The maximum absolute atomic E-state index is 6.21. The van der Waals surface area contributed by atoms with Gasteiger partial charge in [0.1, 0.15) is 11.6 Å². The second kappa shape index (κ2) is 6.94. The van der Waals surface area contributed by atoms with Gasteiger partial charge in [0.2, 0.25) is 0 Å². The van der Waals surface area contributed by atoms with Crippen molar-refractivity contribution >= 4 is 17.6 Å². The topological polar surface area (TPSA) is 43.8 Å². The Morgan fingerprint density at radius 1 is 1.41 bits per heavy atom. The number of nitrogen functional groups attached to an aromatic ring is 1. The van der Waals surface area contributed by atoms with E-state index >= 15 is 0 Å². The van der Waals surface area contributed by atoms with Crippen molar-refractivity contribution < 1.29 is 0 Å². The Labute approximate surface area is 109 Å². The highest BCUT2D eigenvalue weighted by Crippen LogP contribution is 2.22. The Kier molecular flexibility index (Phi) is 5.89. The van der Waals surface area contributed by atoms with Gasteiger partial charge in [0.05, 0.1) is 5.69 Å². The SMILES string of the molecule is CCCCn1c(C(C)C)nc(CCSC)c1N. The van der Waals surface area contributed by atoms with Crippen LogP contribution in [0, 0.1) is 0 Å². The first kappa shape index (κ1) is 14.4. The van der Waals surface area contributed by atoms with Gasteiger partial charge in [0.25, 0.3) is 0 Å². The molecule has 0 aromatic carbocycles. The Morgan fingerprint density at radius 3 is 2.65 bits per heavy atom. The fourth-order valence-corrected chi connectivity index (χ4v) is 2.31. The van der Waals surface area contributed by atoms with Crippen LogP contribution in [0.4, 0.5) is 5.82 Å². The molecule has 2 N–H and O–H groups in total. The van der Waals surface area contributed by atoms with Gasteiger partial charge in [-0.05, 0) is 18.4 Å². The molecule has 0 spiro atoms. The summed E-state index contributed by atoms with van der Waals surface area (Å²) in [5.74, 6) is 3.56. The van der Waals surface area contributed by atoms with Gasteiger partial charge < -0.3 is 10.3 Å². The summed E-state index contributed by atoms with van der Waals surface area (Å²) in [4.78, 5) is 4.72. The monoisotopic (exact) mass is 255 g/mol. The average Bonchev–Trinajstić information content (AvgIpc) is 2.61. The number of aryl methyl sites for hydroxylation is 1. The third-order valence-corrected chi connectivity index (χ3v) is 3.52. The summed E-state index contributed by atoms with van der Waals surface area (Å²) < 4.78 is 2.21. The zero-order valence-electron chi connectivity index (χ0n) is 11.5. The zero-order chi connectivity index (χ0) is 12.8. The number of nitrogens with two attached hydrogens (primary N) is 1. The fraction of sp³-hybridized carbons (Fsp3) is 0.769. The average molecular weight is 255 g/mol. The van der Waals surface area contributed by atoms with E-state index in [0.717, 1.165) is 36.1 Å². The van der Waals surface area contributed by atoms with Crippen LogP contribution in [0.15, 0.2) is 0 Å². The van der Waals surface area contributed by atoms with Crippen molar-refractivity contribution in [2.45, 2.75) is 52.5 Å². The summed E-state index contributed by atoms with van der Waals surface area (Å²) in [5, 5.41) is 0. The number of thioether (sulfide) groups is 1. The lowest BCUT2D eigenvalue weighted by Crippen LogP contribution is -2.08. The Bertz CT molecular complexity index is 345. The molecule has 0 radical (unpaired) electrons. The van der Waals surface area contributed by atoms with Gasteiger partial charge in [0, 0.05) is 18.9 Å². The summed E-state index contributed by atoms with van der Waals surface area (Å²) >= 11 is 1.84. The summed E-state index contributed by atoms with van der Waals surface area (Å²) in [6.45, 7) is 7.57. The van der Waals surface area contributed by atoms with Crippen molar-refractivity contribution in [1.82, 2.24) is 9.55 Å². The highest BCUT2D eigenvalue weighted by molar-refractivity contribution is 7.98. The normalized spacial score (nSPS) is 11.4. The molecule has 0 unspecified atom stereocenters. The van der Waals surface area contributed by atoms with E-state index in [9.17, 15) is 0 Å². The smallest absolute Gasteiger partial charge is 0.126 e. The quantitative estimate of drug-likeness (QED) is 0.813. The van der Waals surface area contributed by atoms with Crippen molar-refractivity contribution in [2.75, 3.05) is 17.7 Å². The number of rotatable bonds is 7. The molecule has 0 atom stereocenters. The van der Waals surface area contributed by atoms with Crippen molar-refractivity contribution in [3.63, 3.8) is 0 Å². The molecular weight excluding hydrogens is 230 g/mol. The minimum atomic E-state index is 0.442. The van der Waals surface area contributed by atoms with Crippen molar-refractivity contribution in [2.24, 2.45) is 0 Å². The Hall–Kier alpha value is -0.640. The molecule has 0 fully saturated rings. The van der Waals surface area contributed by atoms with E-state index in [0.29, 0.717) is 5.92 Å². The first-order valence-corrected chi connectivity index (χ1v) is 7.84. The summed E-state index contributed by atoms with van der Waals surface area (Å²) in [6.07, 6.45) is 5.46. The van der Waals surface area contributed by atoms with Crippen LogP contribution in [0.3, 0.4) is 0 Å². The molecule has 4 heteroatoms. The molecule has 0 aliphatic rings. The van der Waals surface area contributed by atoms with Crippen molar-refractivity contribution in [3.8, 4) is 0 Å². The van der Waals surface area contributed by atoms with Crippen LogP contribution in [-0.4, -0.2) is 21.6 Å². The largest absolute Gasteiger partial charge is 0.384 e. The van der Waals surface area contributed by atoms with E-state index in [1.165, 1.54) is 12.8 Å². The van der Waals surface area contributed by atoms with E-state index in [1.807, 2.05) is 11.8 Å². The minimum absolute atomic E-state index is 0.442. The van der Waals surface area contributed by atoms with Crippen LogP contribution in [0.1, 0.15) is 51.0 Å². The molecule has 3 nitrogen and oxygen atoms in total. The predicted octanol–water partition coefficient (Wildman–Crippen LogP) is 3.29. The molecule has 0 amide bonds. The second-order valence-electron chi connectivity index (χ2n) is 4.70. The first-order chi connectivity index (χ1) is 8.11. The number of hydrogen-bond donors (Lipinski definition) is 1. The maximum atomic E-state index is 6.21. The number of aromatic nitrogens is 2. The lowest BCUT2D eigenvalue weighted by molar-refractivity contribution is 0.588. The molecule has 0 saturated carbocycles. The van der Waals surface area contributed by atoms with Crippen LogP contribution >= 0.6 is 11.8 Å². The molecular formula is C13H25N3S. The molecule has 0 aliphatic carbocycles. The van der Waals surface area contributed by atoms with Gasteiger partial charge in [-0.1, -0.05) is 27.2 Å². The third-order valence-electron chi connectivity index (χ3n) is 2.91. The number of nitrogens with zero attached hydrogens (tertiary/aromatic N) is 2. The maximum Gasteiger partial charge on any atom is 0.126 e. The lowest BCUT2D eigenvalue weighted by Gasteiger charge is -2.11. The number of imidazole rings is 1. The van der Waals surface area contributed by atoms with E-state index in [4.69, 9.17) is 10.7 Å². The molecule has 0 bridgehead atoms. The fourth-order valence-electron chi connectivity index (χ4n) is 1.91. The minimum Gasteiger partial charge on any atom is -0.384 e. The molecule has 1 aromatic rings. The first-order valence-electron chi connectivity index (χ1n) is 6.45. The van der Waals surface area contributed by atoms with Gasteiger partial charge >= 0.3 is 0 Å². The van der Waals surface area contributed by atoms with Crippen LogP contribution < -0.4 is 5.73 Å². The van der Waals surface area contributed by atoms with E-state index < -0.39 is 0 Å². The molecule has 17 heavy (non-hydrogen) atoms. The van der Waals surface area contributed by atoms with Crippen molar-refractivity contribution in [1.29, 1.82) is 0 Å². The van der Waals surface area contributed by atoms with Gasteiger partial charge in [-0.25, -0.2) is 4.98 Å². The molecule has 98 valence electrons. The van der Waals surface area contributed by atoms with Crippen LogP contribution in [0.25, 0.3) is 0 Å². The second-order valence-corrected chi connectivity index (χ2v) is 5.69. The Balaban J connectivity index is 2.93. The summed E-state index contributed by atoms with van der Waals surface area (Å²) in [5.41, 5.74) is 7.30. The molecule has 0 saturated heterocycles. The summed E-state index contributed by atoms with van der Waals surface area (Å²) in [7, 11) is 0. The van der Waals surface area contributed by atoms with Gasteiger partial charge in [-0.2, -0.15) is 11.8 Å². The van der Waals surface area contributed by atoms with Gasteiger partial charge in [-0.3, -0.25) is 0 Å². The van der Waals surface area contributed by atoms with Gasteiger partial charge in [-0.15, -0.1) is 0 Å². The molecule has 1 aromatic heterocycles. The van der Waals surface area contributed by atoms with Crippen LogP contribution in [0.2, 0.25) is 0 Å². The van der Waals surface area contributed by atoms with Gasteiger partial charge in [0.15, 0.2) is 0 Å². The van der Waals surface area contributed by atoms with Crippen LogP contribution in [0.5, 0.6) is 0 Å². The predicted molar refractivity (Wildman–Crippen MR) is 77.7 cm³/mol. The highest BCUT2D eigenvalue weighted by Gasteiger charge is 2.16. The number of unbranched alkanes of at least 4 members (excludes halogenated alkanes) is 1. The molecule has 1 heterocycles. The van der Waals surface area contributed by atoms with E-state index in [2.05, 4.69) is 31.6 Å². The number of hydrogen-bond acceptors (Lipinski definition) is 3. The van der Waals surface area contributed by atoms with Crippen LogP contribution in [-0.2, 0) is 13.0 Å². The Morgan fingerprint density at radius 2 is 2.12 bits per heavy atom.